The predicted molar refractivity (Wildman–Crippen MR) is 132 cm³/mol. The van der Waals surface area contributed by atoms with Crippen LogP contribution >= 0.6 is 23.6 Å². The van der Waals surface area contributed by atoms with Crippen molar-refractivity contribution in [2.75, 3.05) is 57.6 Å². The van der Waals surface area contributed by atoms with Crippen LogP contribution < -0.4 is 10.2 Å². The van der Waals surface area contributed by atoms with E-state index in [-0.39, 0.29) is 11.6 Å². The number of non-ortho nitro benzene ring substituents is 1. The second kappa shape index (κ2) is 10.1. The van der Waals surface area contributed by atoms with E-state index in [0.717, 1.165) is 5.69 Å². The summed E-state index contributed by atoms with van der Waals surface area (Å²) in [6.45, 7) is 4.33. The molecule has 0 saturated carbocycles. The van der Waals surface area contributed by atoms with Gasteiger partial charge in [0, 0.05) is 58.1 Å². The van der Waals surface area contributed by atoms with Crippen molar-refractivity contribution in [3.05, 3.63) is 50.4 Å². The van der Waals surface area contributed by atoms with Gasteiger partial charge in [-0.1, -0.05) is 0 Å². The summed E-state index contributed by atoms with van der Waals surface area (Å²) < 4.78 is 4.92. The van der Waals surface area contributed by atoms with Crippen molar-refractivity contribution in [2.45, 2.75) is 6.92 Å². The van der Waals surface area contributed by atoms with Gasteiger partial charge in [0.05, 0.1) is 22.5 Å². The van der Waals surface area contributed by atoms with Crippen LogP contribution in [-0.4, -0.2) is 79.1 Å². The van der Waals surface area contributed by atoms with Gasteiger partial charge in [-0.15, -0.1) is 11.3 Å². The molecule has 0 aliphatic carbocycles. The maximum atomic E-state index is 12.5. The molecule has 0 unspecified atom stereocenters. The molecule has 33 heavy (non-hydrogen) atoms. The Hall–Kier alpha value is -3.25. The fourth-order valence-electron chi connectivity index (χ4n) is 3.49. The molecule has 2 heterocycles. The van der Waals surface area contributed by atoms with Gasteiger partial charge in [0.25, 0.3) is 11.6 Å². The minimum atomic E-state index is -0.533. The minimum Gasteiger partial charge on any atom is -0.465 e. The highest BCUT2D eigenvalue weighted by Crippen LogP contribution is 2.34. The quantitative estimate of drug-likeness (QED) is 0.292. The molecular formula is C21H25N5O5S2. The lowest BCUT2D eigenvalue weighted by Crippen LogP contribution is -2.50. The first kappa shape index (κ1) is 24.4. The zero-order chi connectivity index (χ0) is 24.3. The van der Waals surface area contributed by atoms with Gasteiger partial charge in [0.1, 0.15) is 5.00 Å². The maximum Gasteiger partial charge on any atom is 0.341 e. The van der Waals surface area contributed by atoms with Crippen LogP contribution in [0.2, 0.25) is 0 Å². The Balaban J connectivity index is 1.70. The minimum absolute atomic E-state index is 0.0579. The van der Waals surface area contributed by atoms with Gasteiger partial charge in [-0.3, -0.25) is 14.9 Å². The lowest BCUT2D eigenvalue weighted by atomic mass is 10.1. The summed E-state index contributed by atoms with van der Waals surface area (Å²) >= 11 is 6.77. The smallest absolute Gasteiger partial charge is 0.341 e. The molecule has 0 atom stereocenters. The number of nitrogens with zero attached hydrogens (tertiary/aromatic N) is 4. The number of rotatable bonds is 5. The largest absolute Gasteiger partial charge is 0.465 e. The van der Waals surface area contributed by atoms with Crippen molar-refractivity contribution in [3.63, 3.8) is 0 Å². The number of methoxy groups -OCH3 is 1. The number of thiophene rings is 1. The molecule has 1 saturated heterocycles. The van der Waals surface area contributed by atoms with E-state index in [1.54, 1.807) is 33.2 Å². The third-order valence-corrected chi connectivity index (χ3v) is 6.91. The van der Waals surface area contributed by atoms with E-state index >= 15 is 0 Å². The number of carbonyl (C=O) groups is 2. The van der Waals surface area contributed by atoms with E-state index in [2.05, 4.69) is 10.2 Å². The molecule has 1 N–H and O–H groups in total. The van der Waals surface area contributed by atoms with Gasteiger partial charge < -0.3 is 24.8 Å². The molecule has 0 radical (unpaired) electrons. The number of piperazine rings is 1. The van der Waals surface area contributed by atoms with Crippen LogP contribution in [0.3, 0.4) is 0 Å². The number of hydrogen-bond donors (Lipinski definition) is 1. The Kier molecular flexibility index (Phi) is 7.49. The molecular weight excluding hydrogens is 466 g/mol. The second-order valence-corrected chi connectivity index (χ2v) is 9.04. The number of hydrogen-bond acceptors (Lipinski definition) is 8. The number of nitro groups is 1. The van der Waals surface area contributed by atoms with Crippen LogP contribution in [-0.2, 0) is 4.74 Å². The molecule has 1 amide bonds. The fraction of sp³-hybridized carbons (Fsp3) is 0.381. The number of benzene rings is 1. The molecule has 1 aliphatic rings. The fourth-order valence-corrected chi connectivity index (χ4v) is 5.05. The van der Waals surface area contributed by atoms with Crippen molar-refractivity contribution < 1.29 is 19.2 Å². The first-order valence-corrected chi connectivity index (χ1v) is 11.3. The standard InChI is InChI=1S/C21H25N5O5S2/c1-13-16(20(28)31-4)18(33-17(13)19(27)23(2)3)22-21(32)25-11-9-24(10-12-25)14-5-7-15(8-6-14)26(29)30/h5-8H,9-12H2,1-4H3,(H,22,32). The van der Waals surface area contributed by atoms with Gasteiger partial charge in [-0.25, -0.2) is 4.79 Å². The van der Waals surface area contributed by atoms with E-state index < -0.39 is 10.9 Å². The molecule has 0 spiro atoms. The molecule has 2 aromatic rings. The molecule has 176 valence electrons. The van der Waals surface area contributed by atoms with E-state index in [4.69, 9.17) is 17.0 Å². The summed E-state index contributed by atoms with van der Waals surface area (Å²) in [4.78, 5) is 41.4. The van der Waals surface area contributed by atoms with Crippen molar-refractivity contribution in [2.24, 2.45) is 0 Å². The zero-order valence-electron chi connectivity index (χ0n) is 18.8. The van der Waals surface area contributed by atoms with Gasteiger partial charge in [0.15, 0.2) is 5.11 Å². The van der Waals surface area contributed by atoms with Crippen LogP contribution in [0.25, 0.3) is 0 Å². The molecule has 1 fully saturated rings. The second-order valence-electron chi connectivity index (χ2n) is 7.63. The number of carbonyl (C=O) groups excluding carboxylic acids is 2. The average molecular weight is 492 g/mol. The molecule has 0 bridgehead atoms. The number of nitro benzene ring substituents is 1. The van der Waals surface area contributed by atoms with Gasteiger partial charge >= 0.3 is 5.97 Å². The predicted octanol–water partition coefficient (Wildman–Crippen LogP) is 2.97. The summed E-state index contributed by atoms with van der Waals surface area (Å²) in [5.41, 5.74) is 1.83. The highest BCUT2D eigenvalue weighted by atomic mass is 32.1. The number of nitrogens with one attached hydrogen (secondary N) is 1. The highest BCUT2D eigenvalue weighted by Gasteiger charge is 2.28. The van der Waals surface area contributed by atoms with E-state index in [0.29, 0.717) is 52.3 Å². The summed E-state index contributed by atoms with van der Waals surface area (Å²) in [6.07, 6.45) is 0. The topological polar surface area (TPSA) is 108 Å². The van der Waals surface area contributed by atoms with Crippen molar-refractivity contribution >= 4 is 56.9 Å². The van der Waals surface area contributed by atoms with Crippen LogP contribution in [0.15, 0.2) is 24.3 Å². The first-order chi connectivity index (χ1) is 15.6. The average Bonchev–Trinajstić information content (AvgIpc) is 3.13. The summed E-state index contributed by atoms with van der Waals surface area (Å²) in [7, 11) is 4.61. The third-order valence-electron chi connectivity index (χ3n) is 5.35. The lowest BCUT2D eigenvalue weighted by Gasteiger charge is -2.37. The Morgan fingerprint density at radius 2 is 1.79 bits per heavy atom. The third kappa shape index (κ3) is 5.22. The van der Waals surface area contributed by atoms with Crippen LogP contribution in [0.5, 0.6) is 0 Å². The number of ether oxygens (including phenoxy) is 1. The van der Waals surface area contributed by atoms with Crippen molar-refractivity contribution in [1.29, 1.82) is 0 Å². The molecule has 1 aromatic heterocycles. The molecule has 1 aliphatic heterocycles. The number of amides is 1. The van der Waals surface area contributed by atoms with Crippen LogP contribution in [0, 0.1) is 17.0 Å². The zero-order valence-corrected chi connectivity index (χ0v) is 20.4. The number of thiocarbonyl (C=S) groups is 1. The summed E-state index contributed by atoms with van der Waals surface area (Å²) in [5, 5.41) is 14.9. The summed E-state index contributed by atoms with van der Waals surface area (Å²) in [6, 6.07) is 6.47. The Bertz CT molecular complexity index is 1080. The highest BCUT2D eigenvalue weighted by molar-refractivity contribution is 7.80. The molecule has 1 aromatic carbocycles. The van der Waals surface area contributed by atoms with Gasteiger partial charge in [0.2, 0.25) is 0 Å². The monoisotopic (exact) mass is 491 g/mol. The van der Waals surface area contributed by atoms with E-state index in [1.807, 2.05) is 4.90 Å². The molecule has 12 heteroatoms. The van der Waals surface area contributed by atoms with E-state index in [9.17, 15) is 19.7 Å². The first-order valence-electron chi connectivity index (χ1n) is 10.1. The Morgan fingerprint density at radius 1 is 1.18 bits per heavy atom. The van der Waals surface area contributed by atoms with Crippen LogP contribution in [0.1, 0.15) is 25.6 Å². The normalized spacial score (nSPS) is 13.5. The van der Waals surface area contributed by atoms with Gasteiger partial charge in [-0.2, -0.15) is 0 Å². The summed E-state index contributed by atoms with van der Waals surface area (Å²) in [5.74, 6) is -0.729. The number of esters is 1. The van der Waals surface area contributed by atoms with E-state index in [1.165, 1.54) is 35.5 Å². The lowest BCUT2D eigenvalue weighted by molar-refractivity contribution is -0.384. The SMILES string of the molecule is COC(=O)c1c(NC(=S)N2CCN(c3ccc([N+](=O)[O-])cc3)CC2)sc(C(=O)N(C)C)c1C. The number of anilines is 2. The van der Waals surface area contributed by atoms with Crippen molar-refractivity contribution in [1.82, 2.24) is 9.80 Å². The van der Waals surface area contributed by atoms with Gasteiger partial charge in [-0.05, 0) is 36.8 Å². The Labute approximate surface area is 200 Å². The Morgan fingerprint density at radius 3 is 2.30 bits per heavy atom. The van der Waals surface area contributed by atoms with Crippen LogP contribution in [0.4, 0.5) is 16.4 Å². The molecule has 10 nitrogen and oxygen atoms in total. The molecule has 3 rings (SSSR count). The van der Waals surface area contributed by atoms with Crippen molar-refractivity contribution in [3.8, 4) is 0 Å². The maximum absolute atomic E-state index is 12.5.